The lowest BCUT2D eigenvalue weighted by atomic mass is 9.97. The summed E-state index contributed by atoms with van der Waals surface area (Å²) in [4.78, 5) is 17.4. The summed E-state index contributed by atoms with van der Waals surface area (Å²) in [6.07, 6.45) is 6.23. The topological polar surface area (TPSA) is 36.7 Å². The van der Waals surface area contributed by atoms with E-state index in [1.54, 1.807) is 6.26 Å². The van der Waals surface area contributed by atoms with Crippen molar-refractivity contribution in [3.8, 4) is 0 Å². The third-order valence-electron chi connectivity index (χ3n) is 5.23. The zero-order chi connectivity index (χ0) is 18.2. The second-order valence-electron chi connectivity index (χ2n) is 7.43. The van der Waals surface area contributed by atoms with Gasteiger partial charge in [0.1, 0.15) is 5.76 Å². The smallest absolute Gasteiger partial charge is 0.223 e. The van der Waals surface area contributed by atoms with Crippen molar-refractivity contribution in [2.75, 3.05) is 33.2 Å². The number of hydrogen-bond acceptors (Lipinski definition) is 3. The summed E-state index contributed by atoms with van der Waals surface area (Å²) in [6.45, 7) is 3.93. The monoisotopic (exact) mass is 354 g/mol. The molecule has 1 aromatic carbocycles. The van der Waals surface area contributed by atoms with Gasteiger partial charge in [0.15, 0.2) is 0 Å². The Morgan fingerprint density at radius 3 is 2.77 bits per heavy atom. The van der Waals surface area contributed by atoms with E-state index in [4.69, 9.17) is 4.42 Å². The Hall–Kier alpha value is -2.07. The van der Waals surface area contributed by atoms with E-state index in [1.807, 2.05) is 18.2 Å². The lowest BCUT2D eigenvalue weighted by Gasteiger charge is -2.34. The van der Waals surface area contributed by atoms with Gasteiger partial charge in [-0.15, -0.1) is 0 Å². The molecule has 1 aliphatic heterocycles. The molecule has 1 amide bonds. The Labute approximate surface area is 156 Å². The molecule has 0 radical (unpaired) electrons. The van der Waals surface area contributed by atoms with Crippen LogP contribution in [-0.4, -0.2) is 48.9 Å². The van der Waals surface area contributed by atoms with Gasteiger partial charge in [0.25, 0.3) is 0 Å². The highest BCUT2D eigenvalue weighted by molar-refractivity contribution is 5.76. The average molecular weight is 354 g/mol. The lowest BCUT2D eigenvalue weighted by Crippen LogP contribution is -2.42. The van der Waals surface area contributed by atoms with Crippen molar-refractivity contribution < 1.29 is 9.21 Å². The first kappa shape index (κ1) is 18.7. The number of amides is 1. The van der Waals surface area contributed by atoms with Crippen LogP contribution in [-0.2, 0) is 17.6 Å². The van der Waals surface area contributed by atoms with E-state index in [0.29, 0.717) is 18.8 Å². The summed E-state index contributed by atoms with van der Waals surface area (Å²) in [5.41, 5.74) is 1.29. The molecule has 1 aromatic heterocycles. The Bertz CT molecular complexity index is 654. The minimum Gasteiger partial charge on any atom is -0.469 e. The van der Waals surface area contributed by atoms with Crippen molar-refractivity contribution in [2.45, 2.75) is 32.1 Å². The van der Waals surface area contributed by atoms with Gasteiger partial charge in [-0.05, 0) is 56.5 Å². The maximum Gasteiger partial charge on any atom is 0.223 e. The van der Waals surface area contributed by atoms with Crippen molar-refractivity contribution in [3.63, 3.8) is 0 Å². The van der Waals surface area contributed by atoms with Crippen LogP contribution >= 0.6 is 0 Å². The number of piperidine rings is 1. The zero-order valence-corrected chi connectivity index (χ0v) is 15.8. The first-order valence-electron chi connectivity index (χ1n) is 9.73. The van der Waals surface area contributed by atoms with E-state index in [9.17, 15) is 4.79 Å². The molecule has 1 saturated heterocycles. The van der Waals surface area contributed by atoms with Crippen LogP contribution in [0.3, 0.4) is 0 Å². The number of aryl methyl sites for hydroxylation is 1. The fourth-order valence-electron chi connectivity index (χ4n) is 3.80. The van der Waals surface area contributed by atoms with Gasteiger partial charge in [-0.1, -0.05) is 30.3 Å². The summed E-state index contributed by atoms with van der Waals surface area (Å²) in [5.74, 6) is 1.71. The minimum atomic E-state index is 0.241. The molecule has 1 atom stereocenters. The molecule has 0 unspecified atom stereocenters. The molecule has 0 saturated carbocycles. The Kier molecular flexibility index (Phi) is 6.89. The lowest BCUT2D eigenvalue weighted by molar-refractivity contribution is -0.132. The average Bonchev–Trinajstić information content (AvgIpc) is 3.17. The van der Waals surface area contributed by atoms with Crippen LogP contribution in [0.4, 0.5) is 0 Å². The molecule has 0 N–H and O–H groups in total. The fourth-order valence-corrected chi connectivity index (χ4v) is 3.80. The normalized spacial score (nSPS) is 18.0. The molecule has 4 heteroatoms. The largest absolute Gasteiger partial charge is 0.469 e. The number of carbonyl (C=O) groups excluding carboxylic acids is 1. The molecule has 2 aromatic rings. The van der Waals surface area contributed by atoms with Crippen LogP contribution in [0.1, 0.15) is 30.6 Å². The van der Waals surface area contributed by atoms with E-state index in [2.05, 4.69) is 41.1 Å². The van der Waals surface area contributed by atoms with Gasteiger partial charge < -0.3 is 14.2 Å². The Morgan fingerprint density at radius 2 is 2.04 bits per heavy atom. The van der Waals surface area contributed by atoms with Crippen molar-refractivity contribution in [2.24, 2.45) is 5.92 Å². The van der Waals surface area contributed by atoms with Crippen LogP contribution in [0.5, 0.6) is 0 Å². The molecule has 2 heterocycles. The minimum absolute atomic E-state index is 0.241. The second-order valence-corrected chi connectivity index (χ2v) is 7.43. The quantitative estimate of drug-likeness (QED) is 0.726. The summed E-state index contributed by atoms with van der Waals surface area (Å²) >= 11 is 0. The fraction of sp³-hybridized carbons (Fsp3) is 0.500. The molecule has 0 spiro atoms. The molecule has 0 bridgehead atoms. The van der Waals surface area contributed by atoms with Crippen LogP contribution in [0.15, 0.2) is 53.1 Å². The molecular weight excluding hydrogens is 324 g/mol. The zero-order valence-electron chi connectivity index (χ0n) is 15.8. The molecule has 1 aliphatic rings. The molecular formula is C22H30N2O2. The molecule has 4 nitrogen and oxygen atoms in total. The van der Waals surface area contributed by atoms with Crippen LogP contribution in [0, 0.1) is 5.92 Å². The van der Waals surface area contributed by atoms with E-state index in [1.165, 1.54) is 24.9 Å². The standard InChI is InChI=1S/C22H30N2O2/c1-23-14-5-9-20(17-23)18-24(15-13-19-7-3-2-4-8-19)22(25)12-11-21-10-6-16-26-21/h2-4,6-8,10,16,20H,5,9,11-15,17-18H2,1H3/t20-/m0/s1. The highest BCUT2D eigenvalue weighted by atomic mass is 16.3. The van der Waals surface area contributed by atoms with Gasteiger partial charge >= 0.3 is 0 Å². The molecule has 140 valence electrons. The predicted octanol–water partition coefficient (Wildman–Crippen LogP) is 3.63. The van der Waals surface area contributed by atoms with Gasteiger partial charge in [-0.3, -0.25) is 4.79 Å². The number of benzene rings is 1. The highest BCUT2D eigenvalue weighted by Gasteiger charge is 2.22. The Balaban J connectivity index is 1.58. The van der Waals surface area contributed by atoms with Crippen molar-refractivity contribution in [1.29, 1.82) is 0 Å². The van der Waals surface area contributed by atoms with Gasteiger partial charge in [-0.2, -0.15) is 0 Å². The molecule has 26 heavy (non-hydrogen) atoms. The first-order valence-corrected chi connectivity index (χ1v) is 9.73. The number of hydrogen-bond donors (Lipinski definition) is 0. The summed E-state index contributed by atoms with van der Waals surface area (Å²) in [5, 5.41) is 0. The number of nitrogens with zero attached hydrogens (tertiary/aromatic N) is 2. The number of rotatable bonds is 8. The number of carbonyl (C=O) groups is 1. The third-order valence-corrected chi connectivity index (χ3v) is 5.23. The Morgan fingerprint density at radius 1 is 1.19 bits per heavy atom. The number of furan rings is 1. The summed E-state index contributed by atoms with van der Waals surface area (Å²) in [6, 6.07) is 14.3. The van der Waals surface area contributed by atoms with E-state index in [-0.39, 0.29) is 5.91 Å². The van der Waals surface area contributed by atoms with Gasteiger partial charge in [0.2, 0.25) is 5.91 Å². The third kappa shape index (κ3) is 5.73. The molecule has 0 aliphatic carbocycles. The van der Waals surface area contributed by atoms with Gasteiger partial charge in [-0.25, -0.2) is 0 Å². The molecule has 3 rings (SSSR count). The molecule has 1 fully saturated rings. The summed E-state index contributed by atoms with van der Waals surface area (Å²) in [7, 11) is 2.18. The van der Waals surface area contributed by atoms with Crippen molar-refractivity contribution in [3.05, 3.63) is 60.1 Å². The van der Waals surface area contributed by atoms with E-state index < -0.39 is 0 Å². The first-order chi connectivity index (χ1) is 12.7. The van der Waals surface area contributed by atoms with Crippen LogP contribution in [0.2, 0.25) is 0 Å². The number of likely N-dealkylation sites (tertiary alicyclic amines) is 1. The maximum atomic E-state index is 12.9. The van der Waals surface area contributed by atoms with E-state index >= 15 is 0 Å². The van der Waals surface area contributed by atoms with Crippen molar-refractivity contribution in [1.82, 2.24) is 9.80 Å². The highest BCUT2D eigenvalue weighted by Crippen LogP contribution is 2.18. The maximum absolute atomic E-state index is 12.9. The summed E-state index contributed by atoms with van der Waals surface area (Å²) < 4.78 is 5.38. The second kappa shape index (κ2) is 9.58. The van der Waals surface area contributed by atoms with Crippen molar-refractivity contribution >= 4 is 5.91 Å². The van der Waals surface area contributed by atoms with Gasteiger partial charge in [0, 0.05) is 32.5 Å². The van der Waals surface area contributed by atoms with Gasteiger partial charge in [0.05, 0.1) is 6.26 Å². The SMILES string of the molecule is CN1CCC[C@H](CN(CCc2ccccc2)C(=O)CCc2ccco2)C1. The van der Waals surface area contributed by atoms with Crippen LogP contribution < -0.4 is 0 Å². The van der Waals surface area contributed by atoms with E-state index in [0.717, 1.165) is 31.8 Å². The predicted molar refractivity (Wildman–Crippen MR) is 104 cm³/mol. The van der Waals surface area contributed by atoms with Crippen LogP contribution in [0.25, 0.3) is 0 Å².